The van der Waals surface area contributed by atoms with Crippen LogP contribution in [-0.4, -0.2) is 37.2 Å². The molecule has 0 saturated heterocycles. The molecule has 0 bridgehead atoms. The smallest absolute Gasteiger partial charge is 0.306 e. The summed E-state index contributed by atoms with van der Waals surface area (Å²) in [4.78, 5) is 38.1. The quantitative estimate of drug-likeness (QED) is 0.0262. The Morgan fingerprint density at radius 2 is 0.569 bits per heavy atom. The van der Waals surface area contributed by atoms with Crippen molar-refractivity contribution in [2.75, 3.05) is 13.2 Å². The van der Waals surface area contributed by atoms with E-state index in [0.717, 1.165) is 64.2 Å². The minimum absolute atomic E-state index is 0.0857. The number of ether oxygens (including phenoxy) is 3. The fourth-order valence-corrected chi connectivity index (χ4v) is 8.08. The van der Waals surface area contributed by atoms with Gasteiger partial charge in [-0.1, -0.05) is 262 Å². The monoisotopic (exact) mass is 911 g/mol. The van der Waals surface area contributed by atoms with E-state index < -0.39 is 6.10 Å². The SMILES string of the molecule is CCCCC/C=C/C/C=C/C/C=C/C/C=C/CCCC(=O)OC[C@@H](COC(=O)CCCCCCCCCCCCCCCC)OC(=O)CCCCCCCCCCCCCCCCCC. The molecule has 0 amide bonds. The summed E-state index contributed by atoms with van der Waals surface area (Å²) >= 11 is 0. The summed E-state index contributed by atoms with van der Waals surface area (Å²) in [6.07, 6.45) is 65.3. The van der Waals surface area contributed by atoms with Gasteiger partial charge in [0.2, 0.25) is 0 Å². The van der Waals surface area contributed by atoms with Crippen molar-refractivity contribution in [3.63, 3.8) is 0 Å². The molecule has 1 atom stereocenters. The van der Waals surface area contributed by atoms with Gasteiger partial charge in [-0.2, -0.15) is 0 Å². The van der Waals surface area contributed by atoms with Crippen molar-refractivity contribution in [3.8, 4) is 0 Å². The van der Waals surface area contributed by atoms with Crippen LogP contribution in [0.25, 0.3) is 0 Å². The lowest BCUT2D eigenvalue weighted by atomic mass is 10.0. The number of hydrogen-bond donors (Lipinski definition) is 0. The van der Waals surface area contributed by atoms with Crippen molar-refractivity contribution in [3.05, 3.63) is 48.6 Å². The van der Waals surface area contributed by atoms with Gasteiger partial charge in [0.05, 0.1) is 0 Å². The molecule has 0 aromatic carbocycles. The number of carbonyl (C=O) groups is 3. The van der Waals surface area contributed by atoms with Crippen LogP contribution in [0.4, 0.5) is 0 Å². The molecule has 0 spiro atoms. The Kier molecular flexibility index (Phi) is 51.8. The van der Waals surface area contributed by atoms with E-state index in [9.17, 15) is 14.4 Å². The number of allylic oxidation sites excluding steroid dienone is 8. The Balaban J connectivity index is 4.43. The summed E-state index contributed by atoms with van der Waals surface area (Å²) in [5.41, 5.74) is 0. The molecule has 0 aliphatic rings. The van der Waals surface area contributed by atoms with E-state index in [4.69, 9.17) is 14.2 Å². The molecule has 0 radical (unpaired) electrons. The fourth-order valence-electron chi connectivity index (χ4n) is 8.08. The van der Waals surface area contributed by atoms with Crippen molar-refractivity contribution >= 4 is 17.9 Å². The molecule has 0 N–H and O–H groups in total. The van der Waals surface area contributed by atoms with E-state index in [1.54, 1.807) is 0 Å². The Labute approximate surface area is 403 Å². The highest BCUT2D eigenvalue weighted by Gasteiger charge is 2.19. The van der Waals surface area contributed by atoms with Crippen LogP contribution in [0.2, 0.25) is 0 Å². The Hall–Kier alpha value is -2.63. The summed E-state index contributed by atoms with van der Waals surface area (Å²) in [6.45, 7) is 6.60. The van der Waals surface area contributed by atoms with Gasteiger partial charge in [-0.3, -0.25) is 14.4 Å². The average molecular weight is 911 g/mol. The zero-order chi connectivity index (χ0) is 47.2. The van der Waals surface area contributed by atoms with E-state index >= 15 is 0 Å². The number of unbranched alkanes of at least 4 members (excludes halogenated alkanes) is 32. The zero-order valence-electron chi connectivity index (χ0n) is 43.3. The third-order valence-corrected chi connectivity index (χ3v) is 12.3. The fraction of sp³-hybridized carbons (Fsp3) is 0.814. The highest BCUT2D eigenvalue weighted by Crippen LogP contribution is 2.16. The summed E-state index contributed by atoms with van der Waals surface area (Å²) in [7, 11) is 0. The molecule has 0 saturated carbocycles. The van der Waals surface area contributed by atoms with Crippen molar-refractivity contribution in [2.45, 2.75) is 297 Å². The van der Waals surface area contributed by atoms with Gasteiger partial charge in [0, 0.05) is 19.3 Å². The van der Waals surface area contributed by atoms with Crippen LogP contribution in [0, 0.1) is 0 Å². The van der Waals surface area contributed by atoms with E-state index in [0.29, 0.717) is 19.3 Å². The molecule has 6 nitrogen and oxygen atoms in total. The van der Waals surface area contributed by atoms with Crippen LogP contribution >= 0.6 is 0 Å². The summed E-state index contributed by atoms with van der Waals surface area (Å²) in [6, 6.07) is 0. The van der Waals surface area contributed by atoms with Gasteiger partial charge in [0.15, 0.2) is 6.10 Å². The molecule has 65 heavy (non-hydrogen) atoms. The molecular formula is C59H106O6. The molecule has 0 aliphatic heterocycles. The maximum Gasteiger partial charge on any atom is 0.306 e. The largest absolute Gasteiger partial charge is 0.462 e. The summed E-state index contributed by atoms with van der Waals surface area (Å²) in [5.74, 6) is -0.929. The predicted octanol–water partition coefficient (Wildman–Crippen LogP) is 18.7. The lowest BCUT2D eigenvalue weighted by Gasteiger charge is -2.18. The molecule has 0 aromatic rings. The average Bonchev–Trinajstić information content (AvgIpc) is 3.30. The van der Waals surface area contributed by atoms with Crippen molar-refractivity contribution in [1.82, 2.24) is 0 Å². The van der Waals surface area contributed by atoms with Crippen molar-refractivity contribution in [1.29, 1.82) is 0 Å². The van der Waals surface area contributed by atoms with E-state index in [-0.39, 0.29) is 37.5 Å². The van der Waals surface area contributed by atoms with Crippen LogP contribution < -0.4 is 0 Å². The predicted molar refractivity (Wildman–Crippen MR) is 279 cm³/mol. The van der Waals surface area contributed by atoms with E-state index in [1.165, 1.54) is 180 Å². The van der Waals surface area contributed by atoms with E-state index in [2.05, 4.69) is 69.4 Å². The van der Waals surface area contributed by atoms with Gasteiger partial charge < -0.3 is 14.2 Å². The first kappa shape index (κ1) is 62.4. The molecule has 378 valence electrons. The van der Waals surface area contributed by atoms with Gasteiger partial charge in [0.1, 0.15) is 13.2 Å². The summed E-state index contributed by atoms with van der Waals surface area (Å²) < 4.78 is 16.8. The topological polar surface area (TPSA) is 78.9 Å². The molecule has 0 aromatic heterocycles. The molecule has 0 heterocycles. The van der Waals surface area contributed by atoms with Crippen LogP contribution in [0.5, 0.6) is 0 Å². The van der Waals surface area contributed by atoms with Gasteiger partial charge in [0.25, 0.3) is 0 Å². The van der Waals surface area contributed by atoms with Crippen LogP contribution in [0.1, 0.15) is 290 Å². The number of hydrogen-bond acceptors (Lipinski definition) is 6. The summed E-state index contributed by atoms with van der Waals surface area (Å²) in [5, 5.41) is 0. The first-order valence-corrected chi connectivity index (χ1v) is 28.1. The third kappa shape index (κ3) is 52.2. The van der Waals surface area contributed by atoms with Crippen LogP contribution in [0.3, 0.4) is 0 Å². The second kappa shape index (κ2) is 54.0. The van der Waals surface area contributed by atoms with Crippen molar-refractivity contribution in [2.24, 2.45) is 0 Å². The molecule has 0 fully saturated rings. The standard InChI is InChI=1S/C59H106O6/c1-4-7-10-13-16-19-22-25-28-30-32-34-37-40-43-46-49-52-58(61)64-55-56(54-63-57(60)51-48-45-42-39-36-33-27-24-21-18-15-12-9-6-3)65-59(62)53-50-47-44-41-38-35-31-29-26-23-20-17-14-11-8-5-2/h16,19,25,28,32,34,40,43,56H,4-15,17-18,20-24,26-27,29-31,33,35-39,41-42,44-55H2,1-3H3/b19-16+,28-25+,34-32+,43-40+/t56-/m1/s1. The molecular weight excluding hydrogens is 805 g/mol. The first-order valence-electron chi connectivity index (χ1n) is 28.1. The Morgan fingerprint density at radius 3 is 0.923 bits per heavy atom. The van der Waals surface area contributed by atoms with Gasteiger partial charge in [-0.25, -0.2) is 0 Å². The van der Waals surface area contributed by atoms with Crippen LogP contribution in [-0.2, 0) is 28.6 Å². The third-order valence-electron chi connectivity index (χ3n) is 12.3. The highest BCUT2D eigenvalue weighted by atomic mass is 16.6. The van der Waals surface area contributed by atoms with Gasteiger partial charge >= 0.3 is 17.9 Å². The zero-order valence-corrected chi connectivity index (χ0v) is 43.3. The van der Waals surface area contributed by atoms with Crippen LogP contribution in [0.15, 0.2) is 48.6 Å². The highest BCUT2D eigenvalue weighted by molar-refractivity contribution is 5.71. The minimum Gasteiger partial charge on any atom is -0.462 e. The molecule has 0 unspecified atom stereocenters. The normalized spacial score (nSPS) is 12.4. The second-order valence-corrected chi connectivity index (χ2v) is 18.9. The maximum absolute atomic E-state index is 12.8. The Morgan fingerprint density at radius 1 is 0.308 bits per heavy atom. The maximum atomic E-state index is 12.8. The second-order valence-electron chi connectivity index (χ2n) is 18.9. The first-order chi connectivity index (χ1) is 32.0. The minimum atomic E-state index is -0.790. The van der Waals surface area contributed by atoms with Crippen molar-refractivity contribution < 1.29 is 28.6 Å². The lowest BCUT2D eigenvalue weighted by Crippen LogP contribution is -2.30. The van der Waals surface area contributed by atoms with E-state index in [1.807, 2.05) is 0 Å². The molecule has 0 rings (SSSR count). The Bertz CT molecular complexity index is 1140. The lowest BCUT2D eigenvalue weighted by molar-refractivity contribution is -0.167. The molecule has 6 heteroatoms. The number of esters is 3. The van der Waals surface area contributed by atoms with Gasteiger partial charge in [-0.15, -0.1) is 0 Å². The number of carbonyl (C=O) groups excluding carboxylic acids is 3. The number of rotatable bonds is 51. The van der Waals surface area contributed by atoms with Gasteiger partial charge in [-0.05, 0) is 57.8 Å². The molecule has 0 aliphatic carbocycles.